The molecule has 1 aromatic carbocycles. The number of hydrogen-bond donors (Lipinski definition) is 1. The standard InChI is InChI=1S/C16H11F15O/c17-11(18,14(23,24)25)7-5-9(12(19,20)15(26,27)28)8(3-1-2-4-32)10(6-7)13(21,22)16(29,30)31/h5-6,32H,1-4H2. The minimum absolute atomic E-state index is 0.519. The highest BCUT2D eigenvalue weighted by atomic mass is 19.4. The van der Waals surface area contributed by atoms with Crippen molar-refractivity contribution in [3.8, 4) is 0 Å². The lowest BCUT2D eigenvalue weighted by atomic mass is 9.86. The van der Waals surface area contributed by atoms with Gasteiger partial charge in [0.2, 0.25) is 0 Å². The van der Waals surface area contributed by atoms with E-state index in [4.69, 9.17) is 5.11 Å². The molecule has 0 fully saturated rings. The largest absolute Gasteiger partial charge is 0.458 e. The lowest BCUT2D eigenvalue weighted by molar-refractivity contribution is -0.295. The van der Waals surface area contributed by atoms with Crippen molar-refractivity contribution in [1.29, 1.82) is 0 Å². The molecule has 0 aliphatic rings. The smallest absolute Gasteiger partial charge is 0.396 e. The predicted molar refractivity (Wildman–Crippen MR) is 76.3 cm³/mol. The molecule has 0 spiro atoms. The highest BCUT2D eigenvalue weighted by molar-refractivity contribution is 5.47. The number of aliphatic hydroxyl groups is 1. The van der Waals surface area contributed by atoms with Gasteiger partial charge in [0.25, 0.3) is 0 Å². The lowest BCUT2D eigenvalue weighted by Crippen LogP contribution is -2.40. The van der Waals surface area contributed by atoms with Gasteiger partial charge in [0, 0.05) is 23.3 Å². The van der Waals surface area contributed by atoms with E-state index in [0.717, 1.165) is 0 Å². The fourth-order valence-electron chi connectivity index (χ4n) is 2.57. The molecule has 1 rings (SSSR count). The number of rotatable bonds is 7. The topological polar surface area (TPSA) is 20.2 Å². The Hall–Kier alpha value is -1.87. The normalized spacial score (nSPS) is 14.8. The van der Waals surface area contributed by atoms with Gasteiger partial charge in [-0.15, -0.1) is 0 Å². The van der Waals surface area contributed by atoms with Crippen molar-refractivity contribution in [3.63, 3.8) is 0 Å². The summed E-state index contributed by atoms with van der Waals surface area (Å²) in [5, 5.41) is 8.62. The highest BCUT2D eigenvalue weighted by Crippen LogP contribution is 2.53. The number of benzene rings is 1. The second-order valence-corrected chi connectivity index (χ2v) is 6.45. The lowest BCUT2D eigenvalue weighted by Gasteiger charge is -2.30. The van der Waals surface area contributed by atoms with Crippen molar-refractivity contribution in [3.05, 3.63) is 34.4 Å². The van der Waals surface area contributed by atoms with E-state index in [-0.39, 0.29) is 0 Å². The second kappa shape index (κ2) is 8.48. The molecule has 32 heavy (non-hydrogen) atoms. The molecule has 0 saturated carbocycles. The fraction of sp³-hybridized carbons (Fsp3) is 0.625. The van der Waals surface area contributed by atoms with Crippen LogP contribution in [0.2, 0.25) is 0 Å². The summed E-state index contributed by atoms with van der Waals surface area (Å²) in [5.74, 6) is -19.1. The van der Waals surface area contributed by atoms with Crippen molar-refractivity contribution in [1.82, 2.24) is 0 Å². The zero-order valence-electron chi connectivity index (χ0n) is 15.1. The number of alkyl halides is 15. The highest BCUT2D eigenvalue weighted by Gasteiger charge is 2.65. The van der Waals surface area contributed by atoms with Crippen LogP contribution in [-0.4, -0.2) is 30.2 Å². The second-order valence-electron chi connectivity index (χ2n) is 6.45. The zero-order chi connectivity index (χ0) is 25.6. The minimum atomic E-state index is -6.75. The Labute approximate surface area is 168 Å². The van der Waals surface area contributed by atoms with Crippen LogP contribution in [0.1, 0.15) is 35.1 Å². The van der Waals surface area contributed by atoms with Gasteiger partial charge in [0.1, 0.15) is 0 Å². The molecule has 186 valence electrons. The average molecular weight is 504 g/mol. The maximum atomic E-state index is 13.9. The number of hydrogen-bond acceptors (Lipinski definition) is 1. The maximum Gasteiger partial charge on any atom is 0.458 e. The van der Waals surface area contributed by atoms with Gasteiger partial charge in [-0.25, -0.2) is 0 Å². The molecule has 0 amide bonds. The van der Waals surface area contributed by atoms with Crippen LogP contribution < -0.4 is 0 Å². The van der Waals surface area contributed by atoms with E-state index < -0.39 is 96.6 Å². The molecular weight excluding hydrogens is 493 g/mol. The van der Waals surface area contributed by atoms with Gasteiger partial charge in [0.15, 0.2) is 0 Å². The molecule has 0 heterocycles. The molecule has 1 aromatic rings. The summed E-state index contributed by atoms with van der Waals surface area (Å²) in [7, 11) is 0. The Kier molecular flexibility index (Phi) is 7.47. The van der Waals surface area contributed by atoms with Crippen molar-refractivity contribution in [2.45, 2.75) is 55.6 Å². The summed E-state index contributed by atoms with van der Waals surface area (Å²) in [6.45, 7) is -0.819. The summed E-state index contributed by atoms with van der Waals surface area (Å²) >= 11 is 0. The maximum absolute atomic E-state index is 13.9. The predicted octanol–water partition coefficient (Wildman–Crippen LogP) is 6.96. The van der Waals surface area contributed by atoms with Crippen LogP contribution in [0.4, 0.5) is 65.9 Å². The van der Waals surface area contributed by atoms with E-state index in [1.807, 2.05) is 0 Å². The Balaban J connectivity index is 4.16. The van der Waals surface area contributed by atoms with Crippen LogP contribution in [0.5, 0.6) is 0 Å². The van der Waals surface area contributed by atoms with Gasteiger partial charge >= 0.3 is 36.3 Å². The first-order valence-electron chi connectivity index (χ1n) is 8.16. The van der Waals surface area contributed by atoms with Crippen molar-refractivity contribution in [2.75, 3.05) is 6.61 Å². The zero-order valence-corrected chi connectivity index (χ0v) is 15.1. The van der Waals surface area contributed by atoms with Gasteiger partial charge in [-0.3, -0.25) is 0 Å². The van der Waals surface area contributed by atoms with Crippen LogP contribution in [0.25, 0.3) is 0 Å². The summed E-state index contributed by atoms with van der Waals surface area (Å²) in [6, 6.07) is -2.18. The Morgan fingerprint density at radius 3 is 1.16 bits per heavy atom. The first kappa shape index (κ1) is 28.2. The molecule has 0 aromatic heterocycles. The van der Waals surface area contributed by atoms with Gasteiger partial charge < -0.3 is 5.11 Å². The average Bonchev–Trinajstić information content (AvgIpc) is 2.58. The van der Waals surface area contributed by atoms with E-state index in [0.29, 0.717) is 0 Å². The van der Waals surface area contributed by atoms with Crippen LogP contribution in [-0.2, 0) is 24.2 Å². The van der Waals surface area contributed by atoms with Crippen LogP contribution in [0, 0.1) is 0 Å². The van der Waals surface area contributed by atoms with E-state index >= 15 is 0 Å². The van der Waals surface area contributed by atoms with Gasteiger partial charge in [-0.1, -0.05) is 0 Å². The molecule has 1 N–H and O–H groups in total. The first-order chi connectivity index (χ1) is 14.0. The monoisotopic (exact) mass is 504 g/mol. The Bertz CT molecular complexity index is 754. The number of aliphatic hydroxyl groups excluding tert-OH is 1. The fourth-order valence-corrected chi connectivity index (χ4v) is 2.57. The summed E-state index contributed by atoms with van der Waals surface area (Å²) in [4.78, 5) is 0. The van der Waals surface area contributed by atoms with Gasteiger partial charge in [0.05, 0.1) is 0 Å². The number of halogens is 15. The van der Waals surface area contributed by atoms with Crippen molar-refractivity contribution in [2.24, 2.45) is 0 Å². The van der Waals surface area contributed by atoms with E-state index in [9.17, 15) is 65.9 Å². The minimum Gasteiger partial charge on any atom is -0.396 e. The van der Waals surface area contributed by atoms with E-state index in [2.05, 4.69) is 0 Å². The summed E-state index contributed by atoms with van der Waals surface area (Å²) in [5.41, 5.74) is -10.9. The SMILES string of the molecule is OCCCCc1c(C(F)(F)C(F)(F)F)cc(C(F)(F)C(F)(F)F)cc1C(F)(F)C(F)(F)F. The molecule has 0 unspecified atom stereocenters. The van der Waals surface area contributed by atoms with Gasteiger partial charge in [-0.2, -0.15) is 65.9 Å². The molecule has 1 nitrogen and oxygen atoms in total. The van der Waals surface area contributed by atoms with Crippen LogP contribution in [0.3, 0.4) is 0 Å². The van der Waals surface area contributed by atoms with E-state index in [1.165, 1.54) is 0 Å². The van der Waals surface area contributed by atoms with Crippen molar-refractivity contribution >= 4 is 0 Å². The first-order valence-corrected chi connectivity index (χ1v) is 8.16. The van der Waals surface area contributed by atoms with E-state index in [1.54, 1.807) is 0 Å². The number of unbranched alkanes of at least 4 members (excludes halogenated alkanes) is 1. The molecule has 16 heteroatoms. The molecule has 0 bridgehead atoms. The Morgan fingerprint density at radius 1 is 0.531 bits per heavy atom. The van der Waals surface area contributed by atoms with Crippen LogP contribution >= 0.6 is 0 Å². The van der Waals surface area contributed by atoms with Crippen LogP contribution in [0.15, 0.2) is 12.1 Å². The third kappa shape index (κ3) is 5.03. The third-order valence-electron chi connectivity index (χ3n) is 4.19. The Morgan fingerprint density at radius 2 is 0.875 bits per heavy atom. The molecular formula is C16H11F15O. The quantitative estimate of drug-likeness (QED) is 0.315. The molecule has 0 saturated heterocycles. The molecule has 0 aliphatic heterocycles. The molecule has 0 aliphatic carbocycles. The molecule has 0 atom stereocenters. The third-order valence-corrected chi connectivity index (χ3v) is 4.19. The molecule has 0 radical (unpaired) electrons. The summed E-state index contributed by atoms with van der Waals surface area (Å²) < 4.78 is 198. The summed E-state index contributed by atoms with van der Waals surface area (Å²) in [6.07, 6.45) is -23.0. The van der Waals surface area contributed by atoms with Gasteiger partial charge in [-0.05, 0) is 37.0 Å². The van der Waals surface area contributed by atoms with Crippen molar-refractivity contribution < 1.29 is 71.0 Å².